The lowest BCUT2D eigenvalue weighted by Crippen LogP contribution is -2.26. The van der Waals surface area contributed by atoms with Gasteiger partial charge in [0.05, 0.1) is 25.6 Å². The normalized spacial score (nSPS) is 10.0. The third-order valence-corrected chi connectivity index (χ3v) is 2.27. The topological polar surface area (TPSA) is 59.8 Å². The molecule has 0 fully saturated rings. The van der Waals surface area contributed by atoms with Gasteiger partial charge in [-0.2, -0.15) is 0 Å². The van der Waals surface area contributed by atoms with Crippen molar-refractivity contribution < 1.29 is 18.7 Å². The van der Waals surface area contributed by atoms with Crippen LogP contribution in [-0.4, -0.2) is 30.4 Å². The number of furan rings is 1. The molecule has 0 aliphatic rings. The highest BCUT2D eigenvalue weighted by molar-refractivity contribution is 5.81. The molecule has 94 valence electrons. The van der Waals surface area contributed by atoms with Crippen LogP contribution in [0.25, 0.3) is 0 Å². The molecule has 0 aromatic carbocycles. The number of amides is 1. The molecular weight excluding hydrogens is 222 g/mol. The first-order valence-corrected chi connectivity index (χ1v) is 5.54. The van der Waals surface area contributed by atoms with E-state index in [0.717, 1.165) is 5.56 Å². The third-order valence-electron chi connectivity index (χ3n) is 2.27. The van der Waals surface area contributed by atoms with Crippen LogP contribution in [0.15, 0.2) is 23.0 Å². The van der Waals surface area contributed by atoms with Gasteiger partial charge in [-0.15, -0.1) is 0 Å². The van der Waals surface area contributed by atoms with Crippen LogP contribution in [0.4, 0.5) is 0 Å². The molecule has 0 unspecified atom stereocenters. The highest BCUT2D eigenvalue weighted by atomic mass is 16.5. The summed E-state index contributed by atoms with van der Waals surface area (Å²) in [4.78, 5) is 24.3. The molecule has 1 amide bonds. The van der Waals surface area contributed by atoms with E-state index in [1.54, 1.807) is 37.5 Å². The lowest BCUT2D eigenvalue weighted by Gasteiger charge is -2.15. The number of carbonyl (C=O) groups excluding carboxylic acids is 2. The van der Waals surface area contributed by atoms with Gasteiger partial charge in [0.1, 0.15) is 0 Å². The van der Waals surface area contributed by atoms with E-state index < -0.39 is 0 Å². The van der Waals surface area contributed by atoms with Gasteiger partial charge in [-0.25, -0.2) is 0 Å². The minimum atomic E-state index is -0.336. The van der Waals surface area contributed by atoms with Crippen LogP contribution in [0, 0.1) is 0 Å². The lowest BCUT2D eigenvalue weighted by molar-refractivity contribution is -0.145. The molecule has 0 spiro atoms. The van der Waals surface area contributed by atoms with Crippen molar-refractivity contribution in [2.45, 2.75) is 26.3 Å². The van der Waals surface area contributed by atoms with Crippen LogP contribution in [-0.2, 0) is 20.9 Å². The van der Waals surface area contributed by atoms with E-state index in [1.165, 1.54) is 0 Å². The summed E-state index contributed by atoms with van der Waals surface area (Å²) in [6.45, 7) is 2.57. The Balaban J connectivity index is 2.29. The zero-order valence-electron chi connectivity index (χ0n) is 10.1. The predicted octanol–water partition coefficient (Wildman–Crippen LogP) is 1.58. The van der Waals surface area contributed by atoms with Crippen molar-refractivity contribution in [2.75, 3.05) is 13.7 Å². The van der Waals surface area contributed by atoms with Gasteiger partial charge in [0.2, 0.25) is 5.91 Å². The number of ether oxygens (including phenoxy) is 1. The molecule has 5 heteroatoms. The van der Waals surface area contributed by atoms with Crippen molar-refractivity contribution in [1.82, 2.24) is 4.90 Å². The Hall–Kier alpha value is -1.78. The van der Waals surface area contributed by atoms with Gasteiger partial charge in [0.15, 0.2) is 0 Å². The van der Waals surface area contributed by atoms with Crippen LogP contribution >= 0.6 is 0 Å². The summed E-state index contributed by atoms with van der Waals surface area (Å²) in [6.07, 6.45) is 3.46. The molecule has 0 radical (unpaired) electrons. The SMILES string of the molecule is CCOC(=O)CCC(=O)N(C)Cc1ccoc1. The first-order chi connectivity index (χ1) is 8.13. The lowest BCUT2D eigenvalue weighted by atomic mass is 10.2. The maximum absolute atomic E-state index is 11.7. The van der Waals surface area contributed by atoms with Gasteiger partial charge < -0.3 is 14.1 Å². The molecule has 1 rings (SSSR count). The molecule has 0 bridgehead atoms. The second kappa shape index (κ2) is 6.73. The zero-order chi connectivity index (χ0) is 12.7. The monoisotopic (exact) mass is 239 g/mol. The number of rotatable bonds is 6. The molecule has 0 saturated carbocycles. The molecule has 0 N–H and O–H groups in total. The zero-order valence-corrected chi connectivity index (χ0v) is 10.1. The fourth-order valence-electron chi connectivity index (χ4n) is 1.38. The van der Waals surface area contributed by atoms with Crippen LogP contribution in [0.2, 0.25) is 0 Å². The van der Waals surface area contributed by atoms with Crippen molar-refractivity contribution >= 4 is 11.9 Å². The van der Waals surface area contributed by atoms with Gasteiger partial charge in [-0.05, 0) is 13.0 Å². The minimum absolute atomic E-state index is 0.0840. The summed E-state index contributed by atoms with van der Waals surface area (Å²) < 4.78 is 9.67. The quantitative estimate of drug-likeness (QED) is 0.707. The van der Waals surface area contributed by atoms with Gasteiger partial charge >= 0.3 is 5.97 Å². The Labute approximate surface area is 100 Å². The van der Waals surface area contributed by atoms with Crippen LogP contribution in [0.5, 0.6) is 0 Å². The smallest absolute Gasteiger partial charge is 0.306 e. The van der Waals surface area contributed by atoms with E-state index in [9.17, 15) is 9.59 Å². The molecule has 0 atom stereocenters. The fraction of sp³-hybridized carbons (Fsp3) is 0.500. The van der Waals surface area contributed by atoms with E-state index in [2.05, 4.69) is 0 Å². The second-order valence-corrected chi connectivity index (χ2v) is 3.69. The summed E-state index contributed by atoms with van der Waals surface area (Å²) in [6, 6.07) is 1.80. The van der Waals surface area contributed by atoms with Gasteiger partial charge in [-0.3, -0.25) is 9.59 Å². The molecule has 1 heterocycles. The molecule has 0 saturated heterocycles. The largest absolute Gasteiger partial charge is 0.472 e. The second-order valence-electron chi connectivity index (χ2n) is 3.69. The Morgan fingerprint density at radius 2 is 2.18 bits per heavy atom. The summed E-state index contributed by atoms with van der Waals surface area (Å²) in [7, 11) is 1.69. The molecule has 0 aliphatic heterocycles. The van der Waals surface area contributed by atoms with E-state index in [0.29, 0.717) is 13.2 Å². The number of hydrogen-bond acceptors (Lipinski definition) is 4. The first kappa shape index (κ1) is 13.3. The van der Waals surface area contributed by atoms with Crippen molar-refractivity contribution in [3.63, 3.8) is 0 Å². The van der Waals surface area contributed by atoms with Crippen molar-refractivity contribution in [3.8, 4) is 0 Å². The minimum Gasteiger partial charge on any atom is -0.472 e. The Bertz CT molecular complexity index is 359. The van der Waals surface area contributed by atoms with Crippen LogP contribution in [0.3, 0.4) is 0 Å². The summed E-state index contributed by atoms with van der Waals surface area (Å²) in [5, 5.41) is 0. The third kappa shape index (κ3) is 4.72. The summed E-state index contributed by atoms with van der Waals surface area (Å²) in [5.74, 6) is -0.420. The number of esters is 1. The molecule has 17 heavy (non-hydrogen) atoms. The Morgan fingerprint density at radius 1 is 1.41 bits per heavy atom. The Morgan fingerprint density at radius 3 is 2.76 bits per heavy atom. The maximum atomic E-state index is 11.7. The molecule has 5 nitrogen and oxygen atoms in total. The molecule has 1 aromatic heterocycles. The fourth-order valence-corrected chi connectivity index (χ4v) is 1.38. The average molecular weight is 239 g/mol. The van der Waals surface area contributed by atoms with E-state index in [1.807, 2.05) is 0 Å². The van der Waals surface area contributed by atoms with Gasteiger partial charge in [-0.1, -0.05) is 0 Å². The highest BCUT2D eigenvalue weighted by Crippen LogP contribution is 2.06. The van der Waals surface area contributed by atoms with E-state index in [-0.39, 0.29) is 24.7 Å². The highest BCUT2D eigenvalue weighted by Gasteiger charge is 2.12. The van der Waals surface area contributed by atoms with Gasteiger partial charge in [0.25, 0.3) is 0 Å². The first-order valence-electron chi connectivity index (χ1n) is 5.54. The van der Waals surface area contributed by atoms with Crippen LogP contribution < -0.4 is 0 Å². The van der Waals surface area contributed by atoms with Crippen molar-refractivity contribution in [2.24, 2.45) is 0 Å². The average Bonchev–Trinajstić information content (AvgIpc) is 2.79. The van der Waals surface area contributed by atoms with Crippen molar-refractivity contribution in [3.05, 3.63) is 24.2 Å². The summed E-state index contributed by atoms with van der Waals surface area (Å²) in [5.41, 5.74) is 0.928. The van der Waals surface area contributed by atoms with E-state index >= 15 is 0 Å². The molecular formula is C12H17NO4. The predicted molar refractivity (Wildman–Crippen MR) is 61.0 cm³/mol. The summed E-state index contributed by atoms with van der Waals surface area (Å²) >= 11 is 0. The maximum Gasteiger partial charge on any atom is 0.306 e. The molecule has 0 aliphatic carbocycles. The number of nitrogens with zero attached hydrogens (tertiary/aromatic N) is 1. The van der Waals surface area contributed by atoms with Gasteiger partial charge in [0, 0.05) is 25.6 Å². The molecule has 1 aromatic rings. The standard InChI is InChI=1S/C12H17NO4/c1-3-17-12(15)5-4-11(14)13(2)8-10-6-7-16-9-10/h6-7,9H,3-5,8H2,1-2H3. The van der Waals surface area contributed by atoms with Crippen molar-refractivity contribution in [1.29, 1.82) is 0 Å². The number of hydrogen-bond donors (Lipinski definition) is 0. The Kier molecular flexibility index (Phi) is 5.26. The van der Waals surface area contributed by atoms with Crippen LogP contribution in [0.1, 0.15) is 25.3 Å². The number of carbonyl (C=O) groups is 2. The van der Waals surface area contributed by atoms with E-state index in [4.69, 9.17) is 9.15 Å².